The third-order valence-corrected chi connectivity index (χ3v) is 4.28. The number of rotatable bonds is 6. The molecule has 2 aromatic carbocycles. The predicted octanol–water partition coefficient (Wildman–Crippen LogP) is 4.38. The number of benzene rings is 2. The number of para-hydroxylation sites is 1. The van der Waals surface area contributed by atoms with Crippen LogP contribution in [0.2, 0.25) is 0 Å². The molecule has 5 nitrogen and oxygen atoms in total. The van der Waals surface area contributed by atoms with Gasteiger partial charge in [-0.15, -0.1) is 0 Å². The van der Waals surface area contributed by atoms with E-state index in [9.17, 15) is 9.59 Å². The normalized spacial score (nSPS) is 10.4. The van der Waals surface area contributed by atoms with E-state index in [-0.39, 0.29) is 18.4 Å². The highest BCUT2D eigenvalue weighted by molar-refractivity contribution is 9.10. The van der Waals surface area contributed by atoms with E-state index in [0.717, 1.165) is 11.3 Å². The highest BCUT2D eigenvalue weighted by Crippen LogP contribution is 2.24. The minimum absolute atomic E-state index is 0.270. The van der Waals surface area contributed by atoms with E-state index >= 15 is 0 Å². The topological polar surface area (TPSA) is 64.6 Å². The van der Waals surface area contributed by atoms with Crippen molar-refractivity contribution in [2.24, 2.45) is 0 Å². The van der Waals surface area contributed by atoms with Crippen LogP contribution in [0.15, 0.2) is 46.9 Å². The Balaban J connectivity index is 2.00. The largest absolute Gasteiger partial charge is 0.497 e. The Kier molecular flexibility index (Phi) is 6.58. The number of esters is 1. The summed E-state index contributed by atoms with van der Waals surface area (Å²) in [6, 6.07) is 12.5. The predicted molar refractivity (Wildman–Crippen MR) is 100 cm³/mol. The summed E-state index contributed by atoms with van der Waals surface area (Å²) in [4.78, 5) is 24.3. The van der Waals surface area contributed by atoms with E-state index in [1.807, 2.05) is 38.1 Å². The Labute approximate surface area is 155 Å². The summed E-state index contributed by atoms with van der Waals surface area (Å²) < 4.78 is 10.8. The van der Waals surface area contributed by atoms with Gasteiger partial charge < -0.3 is 14.8 Å². The first-order chi connectivity index (χ1) is 11.9. The van der Waals surface area contributed by atoms with Crippen LogP contribution < -0.4 is 10.1 Å². The van der Waals surface area contributed by atoms with Crippen molar-refractivity contribution in [1.82, 2.24) is 0 Å². The Bertz CT molecular complexity index is 774. The lowest BCUT2D eigenvalue weighted by molar-refractivity contribution is -0.119. The maximum absolute atomic E-state index is 12.2. The fraction of sp³-hybridized carbons (Fsp3) is 0.263. The number of halogens is 1. The Morgan fingerprint density at radius 2 is 1.88 bits per heavy atom. The number of carbonyl (C=O) groups excluding carboxylic acids is 2. The smallest absolute Gasteiger partial charge is 0.339 e. The van der Waals surface area contributed by atoms with Gasteiger partial charge in [-0.3, -0.25) is 4.79 Å². The SMILES string of the molecule is COc1ccc(Br)c(C(=O)OCC(=O)Nc2ccccc2C(C)C)c1. The van der Waals surface area contributed by atoms with Gasteiger partial charge in [-0.2, -0.15) is 0 Å². The minimum atomic E-state index is -0.599. The van der Waals surface area contributed by atoms with Gasteiger partial charge in [0, 0.05) is 10.2 Å². The molecule has 132 valence electrons. The zero-order chi connectivity index (χ0) is 18.4. The molecule has 0 saturated carbocycles. The molecule has 0 unspecified atom stereocenters. The summed E-state index contributed by atoms with van der Waals surface area (Å²) in [5, 5.41) is 2.78. The summed E-state index contributed by atoms with van der Waals surface area (Å²) in [7, 11) is 1.51. The fourth-order valence-corrected chi connectivity index (χ4v) is 2.71. The molecule has 0 fully saturated rings. The monoisotopic (exact) mass is 405 g/mol. The van der Waals surface area contributed by atoms with E-state index in [1.165, 1.54) is 7.11 Å². The molecular formula is C19H20BrNO4. The van der Waals surface area contributed by atoms with E-state index in [4.69, 9.17) is 9.47 Å². The first kappa shape index (κ1) is 19.0. The lowest BCUT2D eigenvalue weighted by Crippen LogP contribution is -2.21. The van der Waals surface area contributed by atoms with Crippen molar-refractivity contribution in [2.75, 3.05) is 19.0 Å². The van der Waals surface area contributed by atoms with Gasteiger partial charge in [0.1, 0.15) is 5.75 Å². The second kappa shape index (κ2) is 8.67. The van der Waals surface area contributed by atoms with Crippen molar-refractivity contribution in [3.8, 4) is 5.75 Å². The van der Waals surface area contributed by atoms with Crippen LogP contribution in [0.1, 0.15) is 35.7 Å². The number of methoxy groups -OCH3 is 1. The van der Waals surface area contributed by atoms with E-state index in [2.05, 4.69) is 21.2 Å². The van der Waals surface area contributed by atoms with Gasteiger partial charge in [0.05, 0.1) is 12.7 Å². The van der Waals surface area contributed by atoms with E-state index in [0.29, 0.717) is 15.8 Å². The summed E-state index contributed by atoms with van der Waals surface area (Å²) in [6.45, 7) is 3.73. The minimum Gasteiger partial charge on any atom is -0.497 e. The number of anilines is 1. The average molecular weight is 406 g/mol. The summed E-state index contributed by atoms with van der Waals surface area (Å²) in [6.07, 6.45) is 0. The number of hydrogen-bond donors (Lipinski definition) is 1. The van der Waals surface area contributed by atoms with E-state index < -0.39 is 5.97 Å². The van der Waals surface area contributed by atoms with Crippen molar-refractivity contribution in [3.63, 3.8) is 0 Å². The highest BCUT2D eigenvalue weighted by Gasteiger charge is 2.15. The summed E-state index contributed by atoms with van der Waals surface area (Å²) >= 11 is 3.29. The molecule has 0 aromatic heterocycles. The number of hydrogen-bond acceptors (Lipinski definition) is 4. The van der Waals surface area contributed by atoms with Crippen molar-refractivity contribution < 1.29 is 19.1 Å². The third kappa shape index (κ3) is 5.06. The molecule has 25 heavy (non-hydrogen) atoms. The van der Waals surface area contributed by atoms with Crippen molar-refractivity contribution in [2.45, 2.75) is 19.8 Å². The molecule has 0 radical (unpaired) electrons. The van der Waals surface area contributed by atoms with Gasteiger partial charge in [0.2, 0.25) is 0 Å². The van der Waals surface area contributed by atoms with E-state index in [1.54, 1.807) is 18.2 Å². The molecule has 2 rings (SSSR count). The van der Waals surface area contributed by atoms with Crippen molar-refractivity contribution >= 4 is 33.5 Å². The van der Waals surface area contributed by atoms with Gasteiger partial charge in [-0.1, -0.05) is 32.0 Å². The second-order valence-electron chi connectivity index (χ2n) is 5.71. The van der Waals surface area contributed by atoms with Crippen molar-refractivity contribution in [1.29, 1.82) is 0 Å². The Hall–Kier alpha value is -2.34. The van der Waals surface area contributed by atoms with Crippen LogP contribution in [-0.4, -0.2) is 25.6 Å². The zero-order valence-electron chi connectivity index (χ0n) is 14.3. The fourth-order valence-electron chi connectivity index (χ4n) is 2.30. The molecule has 0 heterocycles. The van der Waals surface area contributed by atoms with Gasteiger partial charge in [0.15, 0.2) is 6.61 Å². The molecule has 1 N–H and O–H groups in total. The number of ether oxygens (including phenoxy) is 2. The first-order valence-electron chi connectivity index (χ1n) is 7.81. The molecule has 2 aromatic rings. The van der Waals surface area contributed by atoms with Gasteiger partial charge in [-0.25, -0.2) is 4.79 Å². The molecule has 0 aliphatic carbocycles. The highest BCUT2D eigenvalue weighted by atomic mass is 79.9. The lowest BCUT2D eigenvalue weighted by atomic mass is 10.0. The molecule has 6 heteroatoms. The molecule has 0 aliphatic rings. The zero-order valence-corrected chi connectivity index (χ0v) is 15.9. The maximum Gasteiger partial charge on any atom is 0.339 e. The van der Waals surface area contributed by atoms with Gasteiger partial charge in [0.25, 0.3) is 5.91 Å². The molecule has 0 aliphatic heterocycles. The third-order valence-electron chi connectivity index (χ3n) is 3.58. The van der Waals surface area contributed by atoms with Crippen LogP contribution in [0.25, 0.3) is 0 Å². The van der Waals surface area contributed by atoms with Crippen LogP contribution >= 0.6 is 15.9 Å². The number of amides is 1. The van der Waals surface area contributed by atoms with Crippen LogP contribution in [0.5, 0.6) is 5.75 Å². The van der Waals surface area contributed by atoms with Crippen LogP contribution in [0.3, 0.4) is 0 Å². The standard InChI is InChI=1S/C19H20BrNO4/c1-12(2)14-6-4-5-7-17(14)21-18(22)11-25-19(23)15-10-13(24-3)8-9-16(15)20/h4-10,12H,11H2,1-3H3,(H,21,22). The van der Waals surface area contributed by atoms with Crippen LogP contribution in [-0.2, 0) is 9.53 Å². The summed E-state index contributed by atoms with van der Waals surface area (Å²) in [5.74, 6) is -0.184. The van der Waals surface area contributed by atoms with Gasteiger partial charge in [-0.05, 0) is 51.7 Å². The molecular weight excluding hydrogens is 386 g/mol. The average Bonchev–Trinajstić information content (AvgIpc) is 2.60. The molecule has 0 atom stereocenters. The second-order valence-corrected chi connectivity index (χ2v) is 6.57. The molecule has 1 amide bonds. The summed E-state index contributed by atoms with van der Waals surface area (Å²) in [5.41, 5.74) is 2.05. The maximum atomic E-state index is 12.2. The van der Waals surface area contributed by atoms with Crippen LogP contribution in [0.4, 0.5) is 5.69 Å². The van der Waals surface area contributed by atoms with Crippen LogP contribution in [0, 0.1) is 0 Å². The number of nitrogens with one attached hydrogen (secondary N) is 1. The van der Waals surface area contributed by atoms with Gasteiger partial charge >= 0.3 is 5.97 Å². The Morgan fingerprint density at radius 3 is 2.56 bits per heavy atom. The molecule has 0 bridgehead atoms. The number of carbonyl (C=O) groups is 2. The first-order valence-corrected chi connectivity index (χ1v) is 8.61. The lowest BCUT2D eigenvalue weighted by Gasteiger charge is -2.14. The molecule has 0 saturated heterocycles. The van der Waals surface area contributed by atoms with Crippen molar-refractivity contribution in [3.05, 3.63) is 58.1 Å². The quantitative estimate of drug-likeness (QED) is 0.724. The Morgan fingerprint density at radius 1 is 1.16 bits per heavy atom. The molecule has 0 spiro atoms.